The molecule has 0 unspecified atom stereocenters. The van der Waals surface area contributed by atoms with Crippen LogP contribution in [0.3, 0.4) is 0 Å². The highest BCUT2D eigenvalue weighted by Crippen LogP contribution is 2.34. The van der Waals surface area contributed by atoms with Crippen molar-refractivity contribution in [1.29, 1.82) is 0 Å². The summed E-state index contributed by atoms with van der Waals surface area (Å²) in [5.74, 6) is -0.0266. The number of methoxy groups -OCH3 is 1. The number of alkyl halides is 3. The quantitative estimate of drug-likeness (QED) is 0.582. The number of halogens is 3. The van der Waals surface area contributed by atoms with Gasteiger partial charge in [-0.05, 0) is 35.9 Å². The van der Waals surface area contributed by atoms with Crippen molar-refractivity contribution in [3.05, 3.63) is 53.6 Å². The zero-order valence-corrected chi connectivity index (χ0v) is 13.7. The summed E-state index contributed by atoms with van der Waals surface area (Å²) < 4.78 is 49.1. The van der Waals surface area contributed by atoms with Gasteiger partial charge in [0.15, 0.2) is 18.1 Å². The van der Waals surface area contributed by atoms with E-state index < -0.39 is 17.6 Å². The number of nitrogens with one attached hydrogen (secondary N) is 1. The summed E-state index contributed by atoms with van der Waals surface area (Å²) in [6, 6.07) is 9.71. The first kappa shape index (κ1) is 19.1. The molecule has 26 heavy (non-hydrogen) atoms. The monoisotopic (exact) mass is 367 g/mol. The predicted molar refractivity (Wildman–Crippen MR) is 90.3 cm³/mol. The fourth-order valence-electron chi connectivity index (χ4n) is 2.04. The topological polar surface area (TPSA) is 85.9 Å². The molecule has 0 atom stereocenters. The Morgan fingerprint density at radius 1 is 1.23 bits per heavy atom. The average molecular weight is 367 g/mol. The number of hydrogen-bond acceptors (Lipinski definition) is 5. The molecule has 0 heterocycles. The van der Waals surface area contributed by atoms with E-state index in [0.717, 1.165) is 6.07 Å². The van der Waals surface area contributed by atoms with Crippen LogP contribution in [-0.4, -0.2) is 25.8 Å². The normalized spacial score (nSPS) is 11.4. The maximum Gasteiger partial charge on any atom is 0.418 e. The first-order valence-corrected chi connectivity index (χ1v) is 7.35. The minimum absolute atomic E-state index is 0.171. The molecule has 0 saturated heterocycles. The molecule has 3 N–H and O–H groups in total. The van der Waals surface area contributed by atoms with Crippen LogP contribution < -0.4 is 20.6 Å². The molecule has 0 aliphatic heterocycles. The molecule has 2 aromatic rings. The second kappa shape index (κ2) is 8.24. The van der Waals surface area contributed by atoms with Gasteiger partial charge in [-0.15, -0.1) is 0 Å². The van der Waals surface area contributed by atoms with Gasteiger partial charge in [-0.1, -0.05) is 12.1 Å². The Kier molecular flexibility index (Phi) is 6.05. The summed E-state index contributed by atoms with van der Waals surface area (Å²) in [5.41, 5.74) is 6.92. The molecule has 2 aromatic carbocycles. The zero-order valence-electron chi connectivity index (χ0n) is 13.7. The summed E-state index contributed by atoms with van der Waals surface area (Å²) in [7, 11) is 1.43. The zero-order chi connectivity index (χ0) is 19.2. The number of carbonyl (C=O) groups excluding carboxylic acids is 1. The van der Waals surface area contributed by atoms with Crippen LogP contribution in [0.1, 0.15) is 11.1 Å². The number of amides is 1. The molecular weight excluding hydrogens is 351 g/mol. The van der Waals surface area contributed by atoms with Crippen molar-refractivity contribution >= 4 is 17.8 Å². The van der Waals surface area contributed by atoms with Gasteiger partial charge in [0, 0.05) is 0 Å². The Hall–Kier alpha value is -3.23. The van der Waals surface area contributed by atoms with Crippen LogP contribution in [0.25, 0.3) is 0 Å². The Balaban J connectivity index is 2.16. The van der Waals surface area contributed by atoms with Crippen molar-refractivity contribution in [2.24, 2.45) is 10.8 Å². The van der Waals surface area contributed by atoms with Crippen LogP contribution in [0.5, 0.6) is 11.5 Å². The lowest BCUT2D eigenvalue weighted by Gasteiger charge is -2.12. The van der Waals surface area contributed by atoms with Crippen molar-refractivity contribution in [1.82, 2.24) is 0 Å². The highest BCUT2D eigenvalue weighted by atomic mass is 19.4. The van der Waals surface area contributed by atoms with Gasteiger partial charge in [0.25, 0.3) is 5.91 Å². The third kappa shape index (κ3) is 5.13. The number of hydrogen-bond donors (Lipinski definition) is 2. The molecule has 0 bridgehead atoms. The summed E-state index contributed by atoms with van der Waals surface area (Å²) in [6.45, 7) is -0.339. The first-order chi connectivity index (χ1) is 12.3. The summed E-state index contributed by atoms with van der Waals surface area (Å²) >= 11 is 0. The van der Waals surface area contributed by atoms with Crippen LogP contribution in [0.2, 0.25) is 0 Å². The van der Waals surface area contributed by atoms with Gasteiger partial charge < -0.3 is 15.2 Å². The van der Waals surface area contributed by atoms with Crippen LogP contribution in [0.15, 0.2) is 47.6 Å². The van der Waals surface area contributed by atoms with E-state index in [2.05, 4.69) is 10.5 Å². The summed E-state index contributed by atoms with van der Waals surface area (Å²) in [6.07, 6.45) is -3.18. The molecule has 0 saturated carbocycles. The highest BCUT2D eigenvalue weighted by molar-refractivity contribution is 5.82. The number of carbonyl (C=O) groups is 1. The summed E-state index contributed by atoms with van der Waals surface area (Å²) in [5, 5.41) is 3.81. The van der Waals surface area contributed by atoms with E-state index in [0.29, 0.717) is 11.3 Å². The van der Waals surface area contributed by atoms with Crippen molar-refractivity contribution in [2.75, 3.05) is 19.1 Å². The lowest BCUT2D eigenvalue weighted by molar-refractivity contribution is -0.137. The SMILES string of the molecule is COc1ccc(/C=N/Nc2ccccc2C(F)(F)F)cc1OCC(N)=O. The van der Waals surface area contributed by atoms with Crippen LogP contribution in [0, 0.1) is 0 Å². The van der Waals surface area contributed by atoms with E-state index in [1.165, 1.54) is 37.6 Å². The van der Waals surface area contributed by atoms with Gasteiger partial charge in [0.05, 0.1) is 24.6 Å². The smallest absolute Gasteiger partial charge is 0.418 e. The number of benzene rings is 2. The molecule has 0 radical (unpaired) electrons. The van der Waals surface area contributed by atoms with E-state index in [1.807, 2.05) is 0 Å². The lowest BCUT2D eigenvalue weighted by atomic mass is 10.2. The fraction of sp³-hybridized carbons (Fsp3) is 0.176. The number of anilines is 1. The van der Waals surface area contributed by atoms with Crippen LogP contribution in [0.4, 0.5) is 18.9 Å². The standard InChI is InChI=1S/C17H16F3N3O3/c1-25-14-7-6-11(8-15(14)26-10-16(21)24)9-22-23-13-5-3-2-4-12(13)17(18,19)20/h2-9,23H,10H2,1H3,(H2,21,24)/b22-9+. The largest absolute Gasteiger partial charge is 0.493 e. The molecule has 0 aliphatic carbocycles. The minimum atomic E-state index is -4.49. The number of rotatable bonds is 7. The molecule has 138 valence electrons. The van der Waals surface area contributed by atoms with Gasteiger partial charge >= 0.3 is 6.18 Å². The Bertz CT molecular complexity index is 807. The van der Waals surface area contributed by atoms with Gasteiger partial charge in [-0.3, -0.25) is 10.2 Å². The molecule has 2 rings (SSSR count). The maximum atomic E-state index is 12.9. The third-order valence-electron chi connectivity index (χ3n) is 3.19. The molecule has 9 heteroatoms. The number of hydrazone groups is 1. The molecule has 0 aromatic heterocycles. The van der Waals surface area contributed by atoms with Crippen LogP contribution in [-0.2, 0) is 11.0 Å². The van der Waals surface area contributed by atoms with Gasteiger partial charge in [-0.2, -0.15) is 18.3 Å². The Morgan fingerprint density at radius 2 is 1.96 bits per heavy atom. The molecule has 0 aliphatic rings. The third-order valence-corrected chi connectivity index (χ3v) is 3.19. The van der Waals surface area contributed by atoms with Crippen molar-refractivity contribution in [3.8, 4) is 11.5 Å². The fourth-order valence-corrected chi connectivity index (χ4v) is 2.04. The van der Waals surface area contributed by atoms with E-state index in [9.17, 15) is 18.0 Å². The van der Waals surface area contributed by atoms with E-state index >= 15 is 0 Å². The van der Waals surface area contributed by atoms with Gasteiger partial charge in [0.1, 0.15) is 0 Å². The van der Waals surface area contributed by atoms with Crippen molar-refractivity contribution < 1.29 is 27.4 Å². The number of primary amides is 1. The average Bonchev–Trinajstić information content (AvgIpc) is 2.59. The maximum absolute atomic E-state index is 12.9. The Labute approximate surface area is 147 Å². The Morgan fingerprint density at radius 3 is 2.62 bits per heavy atom. The van der Waals surface area contributed by atoms with E-state index in [-0.39, 0.29) is 18.0 Å². The predicted octanol–water partition coefficient (Wildman–Crippen LogP) is 3.02. The molecular formula is C17H16F3N3O3. The van der Waals surface area contributed by atoms with E-state index in [4.69, 9.17) is 15.2 Å². The number of para-hydroxylation sites is 1. The second-order valence-corrected chi connectivity index (χ2v) is 5.08. The van der Waals surface area contributed by atoms with E-state index in [1.54, 1.807) is 12.1 Å². The van der Waals surface area contributed by atoms with Crippen molar-refractivity contribution in [3.63, 3.8) is 0 Å². The molecule has 0 spiro atoms. The lowest BCUT2D eigenvalue weighted by Crippen LogP contribution is -2.20. The molecule has 1 amide bonds. The van der Waals surface area contributed by atoms with Gasteiger partial charge in [-0.25, -0.2) is 0 Å². The summed E-state index contributed by atoms with van der Waals surface area (Å²) in [4.78, 5) is 10.8. The van der Waals surface area contributed by atoms with Gasteiger partial charge in [0.2, 0.25) is 0 Å². The number of nitrogens with zero attached hydrogens (tertiary/aromatic N) is 1. The molecule has 6 nitrogen and oxygen atoms in total. The first-order valence-electron chi connectivity index (χ1n) is 7.35. The molecule has 0 fully saturated rings. The van der Waals surface area contributed by atoms with Crippen molar-refractivity contribution in [2.45, 2.75) is 6.18 Å². The second-order valence-electron chi connectivity index (χ2n) is 5.08. The highest BCUT2D eigenvalue weighted by Gasteiger charge is 2.33. The number of nitrogens with two attached hydrogens (primary N) is 1. The minimum Gasteiger partial charge on any atom is -0.493 e. The number of ether oxygens (including phenoxy) is 2. The van der Waals surface area contributed by atoms with Crippen LogP contribution >= 0.6 is 0 Å².